The van der Waals surface area contributed by atoms with Gasteiger partial charge in [-0.3, -0.25) is 4.79 Å². The molecule has 1 aliphatic heterocycles. The summed E-state index contributed by atoms with van der Waals surface area (Å²) in [5, 5.41) is 0. The topological polar surface area (TPSA) is 54.5 Å². The van der Waals surface area contributed by atoms with Gasteiger partial charge in [0, 0.05) is 19.0 Å². The zero-order valence-corrected chi connectivity index (χ0v) is 13.3. The maximum absolute atomic E-state index is 12.2. The zero-order chi connectivity index (χ0) is 15.3. The van der Waals surface area contributed by atoms with Crippen molar-refractivity contribution in [3.05, 3.63) is 35.9 Å². The molecule has 21 heavy (non-hydrogen) atoms. The average molecular weight is 309 g/mol. The molecule has 0 bridgehead atoms. The van der Waals surface area contributed by atoms with Crippen LogP contribution < -0.4 is 0 Å². The van der Waals surface area contributed by atoms with E-state index in [1.165, 1.54) is 0 Å². The fourth-order valence-electron chi connectivity index (χ4n) is 2.76. The summed E-state index contributed by atoms with van der Waals surface area (Å²) in [6, 6.07) is 9.34. The van der Waals surface area contributed by atoms with Crippen molar-refractivity contribution in [3.8, 4) is 0 Å². The van der Waals surface area contributed by atoms with Crippen molar-refractivity contribution in [2.24, 2.45) is 0 Å². The van der Waals surface area contributed by atoms with Crippen LogP contribution in [0.2, 0.25) is 0 Å². The molecule has 1 fully saturated rings. The molecule has 1 aliphatic rings. The third kappa shape index (κ3) is 4.84. The van der Waals surface area contributed by atoms with Crippen LogP contribution in [-0.4, -0.2) is 37.6 Å². The van der Waals surface area contributed by atoms with E-state index in [1.54, 1.807) is 12.1 Å². The number of rotatable bonds is 5. The third-order valence-electron chi connectivity index (χ3n) is 3.98. The highest BCUT2D eigenvalue weighted by molar-refractivity contribution is 7.90. The molecule has 1 atom stereocenters. The predicted octanol–water partition coefficient (Wildman–Crippen LogP) is 2.39. The molecule has 1 amide bonds. The van der Waals surface area contributed by atoms with Crippen LogP contribution in [-0.2, 0) is 20.4 Å². The molecule has 1 aromatic rings. The number of piperidine rings is 1. The van der Waals surface area contributed by atoms with E-state index in [9.17, 15) is 13.2 Å². The second-order valence-corrected chi connectivity index (χ2v) is 7.94. The summed E-state index contributed by atoms with van der Waals surface area (Å²) in [5.41, 5.74) is 0.774. The molecular weight excluding hydrogens is 286 g/mol. The summed E-state index contributed by atoms with van der Waals surface area (Å²) in [7, 11) is -3.23. The highest BCUT2D eigenvalue weighted by Gasteiger charge is 2.24. The smallest absolute Gasteiger partial charge is 0.223 e. The van der Waals surface area contributed by atoms with E-state index >= 15 is 0 Å². The van der Waals surface area contributed by atoms with Crippen molar-refractivity contribution in [3.63, 3.8) is 0 Å². The maximum atomic E-state index is 12.2. The molecule has 0 unspecified atom stereocenters. The second kappa shape index (κ2) is 7.07. The Balaban J connectivity index is 1.88. The first-order valence-corrected chi connectivity index (χ1v) is 9.34. The molecule has 0 radical (unpaired) electrons. The van der Waals surface area contributed by atoms with Gasteiger partial charge < -0.3 is 4.90 Å². The van der Waals surface area contributed by atoms with Gasteiger partial charge in [-0.2, -0.15) is 0 Å². The number of hydrogen-bond acceptors (Lipinski definition) is 3. The molecule has 116 valence electrons. The van der Waals surface area contributed by atoms with Gasteiger partial charge in [0.25, 0.3) is 0 Å². The quantitative estimate of drug-likeness (QED) is 0.839. The van der Waals surface area contributed by atoms with Crippen LogP contribution in [0.3, 0.4) is 0 Å². The van der Waals surface area contributed by atoms with Gasteiger partial charge in [-0.15, -0.1) is 0 Å². The van der Waals surface area contributed by atoms with Crippen LogP contribution in [0.4, 0.5) is 0 Å². The van der Waals surface area contributed by atoms with Crippen molar-refractivity contribution in [2.45, 2.75) is 44.4 Å². The van der Waals surface area contributed by atoms with E-state index in [0.29, 0.717) is 0 Å². The molecule has 0 aromatic heterocycles. The number of carbonyl (C=O) groups excluding carboxylic acids is 1. The Morgan fingerprint density at radius 3 is 2.62 bits per heavy atom. The van der Waals surface area contributed by atoms with E-state index in [-0.39, 0.29) is 29.9 Å². The fourth-order valence-corrected chi connectivity index (χ4v) is 4.09. The summed E-state index contributed by atoms with van der Waals surface area (Å²) in [5.74, 6) is -0.0838. The van der Waals surface area contributed by atoms with Crippen LogP contribution >= 0.6 is 0 Å². The van der Waals surface area contributed by atoms with Gasteiger partial charge in [-0.05, 0) is 31.7 Å². The molecule has 1 aromatic carbocycles. The molecule has 1 heterocycles. The van der Waals surface area contributed by atoms with Gasteiger partial charge in [0.05, 0.1) is 11.5 Å². The van der Waals surface area contributed by atoms with Gasteiger partial charge in [0.2, 0.25) is 5.91 Å². The number of hydrogen-bond donors (Lipinski definition) is 0. The fraction of sp³-hybridized carbons (Fsp3) is 0.562. The molecule has 0 spiro atoms. The Kier molecular flexibility index (Phi) is 5.39. The lowest BCUT2D eigenvalue weighted by atomic mass is 10.0. The van der Waals surface area contributed by atoms with Gasteiger partial charge in [0.15, 0.2) is 9.84 Å². The van der Waals surface area contributed by atoms with Crippen LogP contribution in [0.5, 0.6) is 0 Å². The molecule has 1 saturated heterocycles. The van der Waals surface area contributed by atoms with Crippen molar-refractivity contribution >= 4 is 15.7 Å². The summed E-state index contributed by atoms with van der Waals surface area (Å²) in [6.45, 7) is 2.80. The van der Waals surface area contributed by atoms with E-state index in [2.05, 4.69) is 0 Å². The first kappa shape index (κ1) is 16.0. The van der Waals surface area contributed by atoms with Crippen molar-refractivity contribution < 1.29 is 13.2 Å². The average Bonchev–Trinajstić information content (AvgIpc) is 2.46. The lowest BCUT2D eigenvalue weighted by molar-refractivity contribution is -0.133. The van der Waals surface area contributed by atoms with Gasteiger partial charge in [-0.1, -0.05) is 30.3 Å². The Hall–Kier alpha value is -1.36. The molecule has 2 rings (SSSR count). The molecule has 0 aliphatic carbocycles. The highest BCUT2D eigenvalue weighted by atomic mass is 32.2. The number of likely N-dealkylation sites (tertiary alicyclic amines) is 1. The molecule has 0 saturated carbocycles. The standard InChI is InChI=1S/C16H23NO3S/c1-14-7-5-6-11-17(14)16(18)10-12-21(19,20)13-15-8-3-2-4-9-15/h2-4,8-9,14H,5-7,10-13H2,1H3/t14-/m1/s1. The Morgan fingerprint density at radius 2 is 1.95 bits per heavy atom. The highest BCUT2D eigenvalue weighted by Crippen LogP contribution is 2.17. The normalized spacial score (nSPS) is 19.5. The Labute approximate surface area is 127 Å². The summed E-state index contributed by atoms with van der Waals surface area (Å²) < 4.78 is 24.2. The number of benzene rings is 1. The van der Waals surface area contributed by atoms with Crippen molar-refractivity contribution in [1.29, 1.82) is 0 Å². The zero-order valence-electron chi connectivity index (χ0n) is 12.5. The molecular formula is C16H23NO3S. The largest absolute Gasteiger partial charge is 0.340 e. The lowest BCUT2D eigenvalue weighted by Gasteiger charge is -2.33. The summed E-state index contributed by atoms with van der Waals surface area (Å²) in [4.78, 5) is 14.0. The number of nitrogens with zero attached hydrogens (tertiary/aromatic N) is 1. The third-order valence-corrected chi connectivity index (χ3v) is 5.58. The van der Waals surface area contributed by atoms with E-state index in [1.807, 2.05) is 30.0 Å². The van der Waals surface area contributed by atoms with Gasteiger partial charge in [0.1, 0.15) is 0 Å². The second-order valence-electron chi connectivity index (χ2n) is 5.76. The van der Waals surface area contributed by atoms with Crippen LogP contribution in [0.15, 0.2) is 30.3 Å². The minimum absolute atomic E-state index is 0.0106. The van der Waals surface area contributed by atoms with Crippen LogP contribution in [0.25, 0.3) is 0 Å². The first-order chi connectivity index (χ1) is 9.98. The van der Waals surface area contributed by atoms with E-state index in [4.69, 9.17) is 0 Å². The lowest BCUT2D eigenvalue weighted by Crippen LogP contribution is -2.42. The molecule has 0 N–H and O–H groups in total. The van der Waals surface area contributed by atoms with Gasteiger partial charge >= 0.3 is 0 Å². The number of sulfone groups is 1. The Bertz CT molecular complexity index is 568. The Morgan fingerprint density at radius 1 is 1.24 bits per heavy atom. The van der Waals surface area contributed by atoms with Crippen LogP contribution in [0, 0.1) is 0 Å². The van der Waals surface area contributed by atoms with E-state index in [0.717, 1.165) is 31.4 Å². The SMILES string of the molecule is C[C@@H]1CCCCN1C(=O)CCS(=O)(=O)Cc1ccccc1. The first-order valence-electron chi connectivity index (χ1n) is 7.52. The number of amides is 1. The monoisotopic (exact) mass is 309 g/mol. The predicted molar refractivity (Wildman–Crippen MR) is 83.6 cm³/mol. The van der Waals surface area contributed by atoms with Crippen LogP contribution in [0.1, 0.15) is 38.2 Å². The van der Waals surface area contributed by atoms with Crippen molar-refractivity contribution in [2.75, 3.05) is 12.3 Å². The number of carbonyl (C=O) groups is 1. The maximum Gasteiger partial charge on any atom is 0.223 e. The van der Waals surface area contributed by atoms with E-state index < -0.39 is 9.84 Å². The summed E-state index contributed by atoms with van der Waals surface area (Å²) in [6.07, 6.45) is 3.28. The molecule has 5 heteroatoms. The van der Waals surface area contributed by atoms with Crippen molar-refractivity contribution in [1.82, 2.24) is 4.90 Å². The minimum Gasteiger partial charge on any atom is -0.340 e. The minimum atomic E-state index is -3.23. The molecule has 4 nitrogen and oxygen atoms in total. The van der Waals surface area contributed by atoms with Gasteiger partial charge in [-0.25, -0.2) is 8.42 Å². The summed E-state index contributed by atoms with van der Waals surface area (Å²) >= 11 is 0.